The molecule has 0 saturated heterocycles. The summed E-state index contributed by atoms with van der Waals surface area (Å²) in [6.07, 6.45) is -0.0484. The number of nitrogens with one attached hydrogen (secondary N) is 2. The van der Waals surface area contributed by atoms with Gasteiger partial charge in [0.15, 0.2) is 0 Å². The number of methoxy groups -OCH3 is 1. The predicted octanol–water partition coefficient (Wildman–Crippen LogP) is 5.76. The van der Waals surface area contributed by atoms with Crippen LogP contribution in [-0.2, 0) is 20.7 Å². The van der Waals surface area contributed by atoms with Crippen molar-refractivity contribution >= 4 is 23.6 Å². The highest BCUT2D eigenvalue weighted by Gasteiger charge is 2.36. The van der Waals surface area contributed by atoms with Crippen molar-refractivity contribution in [2.24, 2.45) is 0 Å². The third kappa shape index (κ3) is 8.99. The Balaban J connectivity index is 2.03. The minimum atomic E-state index is -1.05. The molecule has 9 heteroatoms. The number of carbonyl (C=O) groups excluding carboxylic acids is 3. The van der Waals surface area contributed by atoms with Crippen LogP contribution in [-0.4, -0.2) is 53.2 Å². The van der Waals surface area contributed by atoms with Crippen LogP contribution in [0.3, 0.4) is 0 Å². The molecule has 2 unspecified atom stereocenters. The second-order valence-electron chi connectivity index (χ2n) is 11.1. The van der Waals surface area contributed by atoms with Gasteiger partial charge in [-0.1, -0.05) is 43.3 Å². The number of amides is 3. The van der Waals surface area contributed by atoms with Crippen molar-refractivity contribution in [3.05, 3.63) is 89.5 Å². The Morgan fingerprint density at radius 1 is 0.952 bits per heavy atom. The molecule has 3 rings (SSSR count). The van der Waals surface area contributed by atoms with Crippen LogP contribution >= 0.6 is 0 Å². The quantitative estimate of drug-likeness (QED) is 0.268. The number of hydrogen-bond acceptors (Lipinski definition) is 6. The van der Waals surface area contributed by atoms with E-state index in [0.717, 1.165) is 5.56 Å². The summed E-state index contributed by atoms with van der Waals surface area (Å²) in [5, 5.41) is 15.4. The molecule has 0 aromatic heterocycles. The van der Waals surface area contributed by atoms with Crippen molar-refractivity contribution < 1.29 is 29.0 Å². The summed E-state index contributed by atoms with van der Waals surface area (Å²) in [6.45, 7) is 9.30. The summed E-state index contributed by atoms with van der Waals surface area (Å²) in [5.74, 6) is -0.0912. The molecular formula is C33H41N3O6. The molecular weight excluding hydrogens is 534 g/mol. The number of aromatic hydroxyl groups is 1. The number of hydrogen-bond donors (Lipinski definition) is 3. The molecule has 0 aliphatic heterocycles. The Labute approximate surface area is 247 Å². The maximum atomic E-state index is 14.4. The van der Waals surface area contributed by atoms with Crippen LogP contribution in [0.1, 0.15) is 56.8 Å². The first-order valence-electron chi connectivity index (χ1n) is 14.0. The molecule has 0 spiro atoms. The van der Waals surface area contributed by atoms with Crippen LogP contribution in [0.15, 0.2) is 72.8 Å². The van der Waals surface area contributed by atoms with E-state index in [1.54, 1.807) is 64.3 Å². The van der Waals surface area contributed by atoms with Crippen molar-refractivity contribution in [1.29, 1.82) is 0 Å². The van der Waals surface area contributed by atoms with Gasteiger partial charge in [-0.3, -0.25) is 9.59 Å². The van der Waals surface area contributed by atoms with Gasteiger partial charge in [0.2, 0.25) is 5.91 Å². The average molecular weight is 576 g/mol. The predicted molar refractivity (Wildman–Crippen MR) is 163 cm³/mol. The summed E-state index contributed by atoms with van der Waals surface area (Å²) in [5.41, 5.74) is 2.01. The molecule has 224 valence electrons. The van der Waals surface area contributed by atoms with E-state index in [2.05, 4.69) is 10.6 Å². The minimum Gasteiger partial charge on any atom is -0.508 e. The van der Waals surface area contributed by atoms with Crippen LogP contribution in [0.4, 0.5) is 10.5 Å². The highest BCUT2D eigenvalue weighted by Crippen LogP contribution is 2.28. The summed E-state index contributed by atoms with van der Waals surface area (Å²) in [6, 6.07) is 18.8. The van der Waals surface area contributed by atoms with Crippen molar-refractivity contribution in [1.82, 2.24) is 10.2 Å². The van der Waals surface area contributed by atoms with Crippen molar-refractivity contribution in [3.63, 3.8) is 0 Å². The van der Waals surface area contributed by atoms with Crippen LogP contribution in [0.25, 0.3) is 0 Å². The summed E-state index contributed by atoms with van der Waals surface area (Å²) in [4.78, 5) is 42.8. The zero-order valence-electron chi connectivity index (χ0n) is 25.1. The Kier molecular flexibility index (Phi) is 11.0. The van der Waals surface area contributed by atoms with Crippen LogP contribution in [0.5, 0.6) is 11.5 Å². The van der Waals surface area contributed by atoms with E-state index >= 15 is 0 Å². The molecule has 0 aliphatic carbocycles. The normalized spacial score (nSPS) is 12.5. The number of benzene rings is 3. The molecule has 2 atom stereocenters. The van der Waals surface area contributed by atoms with E-state index in [0.29, 0.717) is 29.0 Å². The number of ether oxygens (including phenoxy) is 2. The molecule has 3 amide bonds. The van der Waals surface area contributed by atoms with Gasteiger partial charge in [-0.2, -0.15) is 0 Å². The van der Waals surface area contributed by atoms with Crippen molar-refractivity contribution in [3.8, 4) is 11.5 Å². The molecule has 9 nitrogen and oxygen atoms in total. The monoisotopic (exact) mass is 575 g/mol. The molecule has 3 aromatic rings. The van der Waals surface area contributed by atoms with E-state index in [1.807, 2.05) is 38.1 Å². The first-order valence-corrected chi connectivity index (χ1v) is 14.0. The maximum absolute atomic E-state index is 14.4. The topological polar surface area (TPSA) is 117 Å². The zero-order chi connectivity index (χ0) is 30.9. The smallest absolute Gasteiger partial charge is 0.408 e. The van der Waals surface area contributed by atoms with Crippen molar-refractivity contribution in [2.75, 3.05) is 19.0 Å². The molecule has 0 bridgehead atoms. The van der Waals surface area contributed by atoms with Gasteiger partial charge < -0.3 is 30.1 Å². The van der Waals surface area contributed by atoms with Gasteiger partial charge in [0.05, 0.1) is 7.11 Å². The molecule has 0 saturated carbocycles. The van der Waals surface area contributed by atoms with E-state index in [4.69, 9.17) is 9.47 Å². The molecule has 0 aliphatic rings. The molecule has 0 heterocycles. The Bertz CT molecular complexity index is 1350. The Morgan fingerprint density at radius 3 is 2.17 bits per heavy atom. The lowest BCUT2D eigenvalue weighted by Crippen LogP contribution is -2.53. The Hall–Kier alpha value is -4.53. The largest absolute Gasteiger partial charge is 0.508 e. The van der Waals surface area contributed by atoms with Gasteiger partial charge >= 0.3 is 6.09 Å². The lowest BCUT2D eigenvalue weighted by Gasteiger charge is -2.35. The number of rotatable bonds is 11. The lowest BCUT2D eigenvalue weighted by molar-refractivity contribution is -0.140. The summed E-state index contributed by atoms with van der Waals surface area (Å²) >= 11 is 0. The second kappa shape index (κ2) is 14.4. The summed E-state index contributed by atoms with van der Waals surface area (Å²) in [7, 11) is 1.57. The van der Waals surface area contributed by atoms with Gasteiger partial charge in [-0.25, -0.2) is 4.79 Å². The zero-order valence-corrected chi connectivity index (χ0v) is 25.1. The number of anilines is 1. The molecule has 3 aromatic carbocycles. The van der Waals surface area contributed by atoms with E-state index in [-0.39, 0.29) is 18.7 Å². The standard InChI is InChI=1S/C33H41N3O6/c1-7-20-36(31(39)28(35-32(40)42-33(3,4)5)21-23-12-16-25(37)17-13-23)29(27-11-9-8-10-22(27)2)30(38)34-24-14-18-26(41-6)19-15-24/h8-19,28-29,37H,7,20-21H2,1-6H3,(H,34,38)(H,35,40). The van der Waals surface area contributed by atoms with E-state index in [1.165, 1.54) is 17.0 Å². The fourth-order valence-corrected chi connectivity index (χ4v) is 4.55. The van der Waals surface area contributed by atoms with E-state index in [9.17, 15) is 19.5 Å². The van der Waals surface area contributed by atoms with Crippen LogP contribution in [0.2, 0.25) is 0 Å². The molecule has 0 radical (unpaired) electrons. The summed E-state index contributed by atoms with van der Waals surface area (Å²) < 4.78 is 10.7. The molecule has 3 N–H and O–H groups in total. The van der Waals surface area contributed by atoms with E-state index < -0.39 is 35.6 Å². The van der Waals surface area contributed by atoms with Gasteiger partial charge in [-0.05, 0) is 87.2 Å². The van der Waals surface area contributed by atoms with Crippen LogP contribution in [0, 0.1) is 6.92 Å². The highest BCUT2D eigenvalue weighted by molar-refractivity contribution is 5.99. The average Bonchev–Trinajstić information content (AvgIpc) is 2.93. The number of nitrogens with zero attached hydrogens (tertiary/aromatic N) is 1. The first kappa shape index (κ1) is 32.0. The lowest BCUT2D eigenvalue weighted by atomic mass is 9.96. The number of phenols is 1. The number of aryl methyl sites for hydroxylation is 1. The number of alkyl carbamates (subject to hydrolysis) is 1. The fraction of sp³-hybridized carbons (Fsp3) is 0.364. The van der Waals surface area contributed by atoms with Crippen LogP contribution < -0.4 is 15.4 Å². The van der Waals surface area contributed by atoms with Gasteiger partial charge in [0.25, 0.3) is 5.91 Å². The number of phenolic OH excluding ortho intramolecular Hbond substituents is 1. The Morgan fingerprint density at radius 2 is 1.60 bits per heavy atom. The van der Waals surface area contributed by atoms with Crippen molar-refractivity contribution in [2.45, 2.75) is 65.1 Å². The number of carbonyl (C=O) groups is 3. The first-order chi connectivity index (χ1) is 19.9. The SMILES string of the molecule is CCCN(C(=O)C(Cc1ccc(O)cc1)NC(=O)OC(C)(C)C)C(C(=O)Nc1ccc(OC)cc1)c1ccccc1C. The minimum absolute atomic E-state index is 0.0872. The highest BCUT2D eigenvalue weighted by atomic mass is 16.6. The molecule has 0 fully saturated rings. The fourth-order valence-electron chi connectivity index (χ4n) is 4.55. The maximum Gasteiger partial charge on any atom is 0.408 e. The van der Waals surface area contributed by atoms with Gasteiger partial charge in [-0.15, -0.1) is 0 Å². The third-order valence-electron chi connectivity index (χ3n) is 6.51. The van der Waals surface area contributed by atoms with Gasteiger partial charge in [0.1, 0.15) is 29.2 Å². The molecule has 42 heavy (non-hydrogen) atoms. The van der Waals surface area contributed by atoms with Gasteiger partial charge in [0, 0.05) is 18.7 Å². The third-order valence-corrected chi connectivity index (χ3v) is 6.51. The second-order valence-corrected chi connectivity index (χ2v) is 11.1.